The second-order valence-electron chi connectivity index (χ2n) is 8.79. The van der Waals surface area contributed by atoms with E-state index < -0.39 is 17.3 Å². The average Bonchev–Trinajstić information content (AvgIpc) is 3.33. The summed E-state index contributed by atoms with van der Waals surface area (Å²) >= 11 is 0. The molecule has 0 bridgehead atoms. The Hall–Kier alpha value is -3.29. The van der Waals surface area contributed by atoms with Crippen LogP contribution in [0.15, 0.2) is 35.1 Å². The number of hydrogen-bond donors (Lipinski definition) is 3. The van der Waals surface area contributed by atoms with Crippen molar-refractivity contribution in [3.63, 3.8) is 0 Å². The van der Waals surface area contributed by atoms with Crippen LogP contribution in [0.25, 0.3) is 16.9 Å². The Balaban J connectivity index is 1.96. The Kier molecular flexibility index (Phi) is 4.37. The molecule has 1 aliphatic rings. The van der Waals surface area contributed by atoms with E-state index in [1.54, 1.807) is 12.1 Å². The Bertz CT molecular complexity index is 1170. The summed E-state index contributed by atoms with van der Waals surface area (Å²) in [7, 11) is 0. The van der Waals surface area contributed by atoms with Gasteiger partial charge in [-0.3, -0.25) is 14.2 Å². The number of nitrogens with zero attached hydrogens (tertiary/aromatic N) is 3. The fraction of sp³-hybridized carbons (Fsp3) is 0.381. The number of anilines is 1. The number of amides is 1. The molecule has 1 saturated carbocycles. The van der Waals surface area contributed by atoms with E-state index in [0.29, 0.717) is 29.1 Å². The Morgan fingerprint density at radius 2 is 2.00 bits per heavy atom. The van der Waals surface area contributed by atoms with Gasteiger partial charge in [-0.25, -0.2) is 0 Å². The normalized spacial score (nSPS) is 14.3. The Labute approximate surface area is 168 Å². The molecule has 8 nitrogen and oxygen atoms in total. The number of aromatic hydroxyl groups is 1. The minimum absolute atomic E-state index is 0.0605. The Morgan fingerprint density at radius 1 is 1.31 bits per heavy atom. The van der Waals surface area contributed by atoms with Gasteiger partial charge in [0.25, 0.3) is 11.5 Å². The van der Waals surface area contributed by atoms with E-state index in [2.05, 4.69) is 10.4 Å². The molecule has 0 aliphatic heterocycles. The number of rotatable bonds is 4. The first kappa shape index (κ1) is 19.0. The minimum Gasteiger partial charge on any atom is -0.492 e. The molecule has 1 amide bonds. The highest BCUT2D eigenvalue weighted by Crippen LogP contribution is 2.29. The summed E-state index contributed by atoms with van der Waals surface area (Å²) in [4.78, 5) is 25.9. The molecule has 0 radical (unpaired) electrons. The van der Waals surface area contributed by atoms with Crippen LogP contribution in [-0.2, 0) is 6.54 Å². The number of nitrogens with one attached hydrogen (secondary N) is 1. The first-order valence-corrected chi connectivity index (χ1v) is 9.67. The molecular weight excluding hydrogens is 370 g/mol. The molecule has 1 aliphatic carbocycles. The number of nitrogen functional groups attached to an aromatic ring is 1. The van der Waals surface area contributed by atoms with Gasteiger partial charge in [0.05, 0.1) is 5.69 Å². The van der Waals surface area contributed by atoms with Crippen molar-refractivity contribution in [3.05, 3.63) is 46.2 Å². The SMILES string of the molecule is CC(C)(C)Cn1c(=O)c(C(=O)NC2CC2)c(O)n2nc(-c3ccccc3N)cc12. The van der Waals surface area contributed by atoms with Gasteiger partial charge in [-0.2, -0.15) is 9.61 Å². The van der Waals surface area contributed by atoms with Crippen LogP contribution in [0.3, 0.4) is 0 Å². The minimum atomic E-state index is -0.573. The highest BCUT2D eigenvalue weighted by atomic mass is 16.3. The molecule has 1 aromatic carbocycles. The van der Waals surface area contributed by atoms with Crippen LogP contribution in [0.2, 0.25) is 0 Å². The average molecular weight is 395 g/mol. The van der Waals surface area contributed by atoms with Crippen LogP contribution < -0.4 is 16.6 Å². The third-order valence-electron chi connectivity index (χ3n) is 4.86. The molecule has 0 atom stereocenters. The maximum absolute atomic E-state index is 13.2. The van der Waals surface area contributed by atoms with Crippen molar-refractivity contribution in [1.82, 2.24) is 19.5 Å². The summed E-state index contributed by atoms with van der Waals surface area (Å²) in [6, 6.07) is 9.01. The van der Waals surface area contributed by atoms with E-state index in [0.717, 1.165) is 12.8 Å². The fourth-order valence-corrected chi connectivity index (χ4v) is 3.33. The highest BCUT2D eigenvalue weighted by Gasteiger charge is 2.30. The van der Waals surface area contributed by atoms with E-state index in [-0.39, 0.29) is 17.0 Å². The first-order valence-electron chi connectivity index (χ1n) is 9.67. The van der Waals surface area contributed by atoms with Gasteiger partial charge >= 0.3 is 0 Å². The van der Waals surface area contributed by atoms with Crippen LogP contribution in [0.1, 0.15) is 44.0 Å². The molecule has 0 spiro atoms. The van der Waals surface area contributed by atoms with Gasteiger partial charge in [0, 0.05) is 29.9 Å². The van der Waals surface area contributed by atoms with Crippen molar-refractivity contribution >= 4 is 17.2 Å². The van der Waals surface area contributed by atoms with Gasteiger partial charge in [-0.1, -0.05) is 39.0 Å². The maximum atomic E-state index is 13.2. The quantitative estimate of drug-likeness (QED) is 0.587. The summed E-state index contributed by atoms with van der Waals surface area (Å²) in [5.74, 6) is -1.04. The number of aromatic nitrogens is 3. The van der Waals surface area contributed by atoms with Crippen LogP contribution >= 0.6 is 0 Å². The zero-order valence-electron chi connectivity index (χ0n) is 16.8. The number of carbonyl (C=O) groups is 1. The number of hydrogen-bond acceptors (Lipinski definition) is 5. The number of benzene rings is 1. The Morgan fingerprint density at radius 3 is 2.62 bits per heavy atom. The van der Waals surface area contributed by atoms with Crippen LogP contribution in [-0.4, -0.2) is 31.2 Å². The molecule has 0 saturated heterocycles. The zero-order chi connectivity index (χ0) is 20.9. The summed E-state index contributed by atoms with van der Waals surface area (Å²) in [6.07, 6.45) is 1.76. The number of para-hydroxylation sites is 1. The summed E-state index contributed by atoms with van der Waals surface area (Å²) in [6.45, 7) is 6.35. The van der Waals surface area contributed by atoms with Gasteiger partial charge in [0.2, 0.25) is 5.88 Å². The zero-order valence-corrected chi connectivity index (χ0v) is 16.8. The van der Waals surface area contributed by atoms with E-state index in [4.69, 9.17) is 5.73 Å². The molecule has 29 heavy (non-hydrogen) atoms. The van der Waals surface area contributed by atoms with E-state index in [9.17, 15) is 14.7 Å². The monoisotopic (exact) mass is 395 g/mol. The molecule has 152 valence electrons. The van der Waals surface area contributed by atoms with Gasteiger partial charge in [-0.05, 0) is 24.3 Å². The number of fused-ring (bicyclic) bond motifs is 1. The molecule has 2 aromatic heterocycles. The van der Waals surface area contributed by atoms with Crippen LogP contribution in [0.4, 0.5) is 5.69 Å². The lowest BCUT2D eigenvalue weighted by Gasteiger charge is -2.21. The van der Waals surface area contributed by atoms with Crippen molar-refractivity contribution < 1.29 is 9.90 Å². The standard InChI is InChI=1S/C21H25N5O3/c1-21(2,3)11-25-16-10-15(13-6-4-5-7-14(13)22)24-26(16)20(29)17(19(25)28)18(27)23-12-8-9-12/h4-7,10,12,29H,8-9,11,22H2,1-3H3,(H,23,27). The van der Waals surface area contributed by atoms with Gasteiger partial charge in [-0.15, -0.1) is 0 Å². The van der Waals surface area contributed by atoms with Crippen molar-refractivity contribution in [2.24, 2.45) is 5.41 Å². The topological polar surface area (TPSA) is 115 Å². The second kappa shape index (κ2) is 6.65. The predicted octanol–water partition coefficient (Wildman–Crippen LogP) is 2.39. The third-order valence-corrected chi connectivity index (χ3v) is 4.86. The van der Waals surface area contributed by atoms with Crippen molar-refractivity contribution in [2.75, 3.05) is 5.73 Å². The smallest absolute Gasteiger partial charge is 0.270 e. The highest BCUT2D eigenvalue weighted by molar-refractivity contribution is 5.96. The van der Waals surface area contributed by atoms with E-state index >= 15 is 0 Å². The third kappa shape index (κ3) is 3.57. The van der Waals surface area contributed by atoms with E-state index in [1.165, 1.54) is 9.08 Å². The largest absolute Gasteiger partial charge is 0.492 e. The fourth-order valence-electron chi connectivity index (χ4n) is 3.33. The van der Waals surface area contributed by atoms with Gasteiger partial charge < -0.3 is 16.2 Å². The van der Waals surface area contributed by atoms with E-state index in [1.807, 2.05) is 39.0 Å². The molecule has 4 rings (SSSR count). The lowest BCUT2D eigenvalue weighted by Crippen LogP contribution is -2.37. The molecule has 1 fully saturated rings. The molecule has 3 aromatic rings. The van der Waals surface area contributed by atoms with Crippen molar-refractivity contribution in [2.45, 2.75) is 46.2 Å². The van der Waals surface area contributed by atoms with Crippen LogP contribution in [0.5, 0.6) is 5.88 Å². The maximum Gasteiger partial charge on any atom is 0.270 e. The number of nitrogens with two attached hydrogens (primary N) is 1. The summed E-state index contributed by atoms with van der Waals surface area (Å²) in [5, 5.41) is 18.0. The molecule has 4 N–H and O–H groups in total. The molecule has 8 heteroatoms. The molecular formula is C21H25N5O3. The van der Waals surface area contributed by atoms with Crippen LogP contribution in [0, 0.1) is 5.41 Å². The van der Waals surface area contributed by atoms with Gasteiger partial charge in [0.1, 0.15) is 5.65 Å². The summed E-state index contributed by atoms with van der Waals surface area (Å²) in [5.41, 5.74) is 7.17. The number of carbonyl (C=O) groups excluding carboxylic acids is 1. The first-order chi connectivity index (χ1) is 13.7. The van der Waals surface area contributed by atoms with Crippen molar-refractivity contribution in [3.8, 4) is 17.1 Å². The predicted molar refractivity (Wildman–Crippen MR) is 111 cm³/mol. The lowest BCUT2D eigenvalue weighted by molar-refractivity contribution is 0.0944. The van der Waals surface area contributed by atoms with Gasteiger partial charge in [0.15, 0.2) is 5.56 Å². The molecule has 0 unspecified atom stereocenters. The second-order valence-corrected chi connectivity index (χ2v) is 8.79. The summed E-state index contributed by atoms with van der Waals surface area (Å²) < 4.78 is 2.74. The molecule has 2 heterocycles. The van der Waals surface area contributed by atoms with Crippen molar-refractivity contribution in [1.29, 1.82) is 0 Å². The lowest BCUT2D eigenvalue weighted by atomic mass is 9.96.